The molecule has 0 radical (unpaired) electrons. The summed E-state index contributed by atoms with van der Waals surface area (Å²) in [7, 11) is 0. The van der Waals surface area contributed by atoms with Crippen LogP contribution in [0.3, 0.4) is 0 Å². The fourth-order valence-corrected chi connectivity index (χ4v) is 4.56. The van der Waals surface area contributed by atoms with Crippen molar-refractivity contribution in [2.24, 2.45) is 5.41 Å². The number of pyridine rings is 1. The van der Waals surface area contributed by atoms with Gasteiger partial charge in [0.2, 0.25) is 0 Å². The zero-order valence-corrected chi connectivity index (χ0v) is 15.3. The molecule has 0 amide bonds. The molecule has 0 saturated carbocycles. The average molecular weight is 350 g/mol. The Bertz CT molecular complexity index is 903. The summed E-state index contributed by atoms with van der Waals surface area (Å²) in [5.41, 5.74) is 1.50. The van der Waals surface area contributed by atoms with Gasteiger partial charge >= 0.3 is 0 Å². The lowest BCUT2D eigenvalue weighted by atomic mass is 9.59. The van der Waals surface area contributed by atoms with E-state index in [2.05, 4.69) is 17.2 Å². The van der Waals surface area contributed by atoms with Crippen LogP contribution in [0.1, 0.15) is 44.7 Å². The van der Waals surface area contributed by atoms with E-state index in [0.29, 0.717) is 23.5 Å². The van der Waals surface area contributed by atoms with Crippen molar-refractivity contribution in [1.82, 2.24) is 4.98 Å². The molecule has 1 N–H and O–H groups in total. The number of fused-ring (bicyclic) bond motifs is 1. The Labute approximate surface area is 153 Å². The predicted molar refractivity (Wildman–Crippen MR) is 101 cm³/mol. The molecule has 1 aromatic carbocycles. The summed E-state index contributed by atoms with van der Waals surface area (Å²) < 4.78 is 15.5. The molecule has 2 aromatic rings. The van der Waals surface area contributed by atoms with Crippen molar-refractivity contribution in [2.75, 3.05) is 5.32 Å². The summed E-state index contributed by atoms with van der Waals surface area (Å²) in [5, 5.41) is 3.17. The zero-order valence-electron chi connectivity index (χ0n) is 15.3. The van der Waals surface area contributed by atoms with Crippen molar-refractivity contribution in [3.05, 3.63) is 71.1 Å². The van der Waals surface area contributed by atoms with Crippen molar-refractivity contribution in [3.63, 3.8) is 0 Å². The SMILES string of the molecule is CC[C@]1(c2ccccc2)C2=C(Nc3ncccc31)[C@H](F)C(C)(C)CC2=O. The van der Waals surface area contributed by atoms with Crippen molar-refractivity contribution >= 4 is 11.6 Å². The highest BCUT2D eigenvalue weighted by molar-refractivity contribution is 6.03. The molecule has 2 heterocycles. The van der Waals surface area contributed by atoms with Gasteiger partial charge in [-0.25, -0.2) is 9.37 Å². The number of carbonyl (C=O) groups excluding carboxylic acids is 1. The summed E-state index contributed by atoms with van der Waals surface area (Å²) in [4.78, 5) is 17.7. The van der Waals surface area contributed by atoms with Gasteiger partial charge < -0.3 is 5.32 Å². The van der Waals surface area contributed by atoms with Crippen LogP contribution in [0.15, 0.2) is 59.9 Å². The van der Waals surface area contributed by atoms with Crippen molar-refractivity contribution in [1.29, 1.82) is 0 Å². The highest BCUT2D eigenvalue weighted by Crippen LogP contribution is 2.54. The Morgan fingerprint density at radius 2 is 1.92 bits per heavy atom. The third-order valence-corrected chi connectivity index (χ3v) is 5.85. The van der Waals surface area contributed by atoms with E-state index in [1.54, 1.807) is 6.20 Å². The summed E-state index contributed by atoms with van der Waals surface area (Å²) in [6.07, 6.45) is 1.33. The fraction of sp³-hybridized carbons (Fsp3) is 0.364. The monoisotopic (exact) mass is 350 g/mol. The van der Waals surface area contributed by atoms with E-state index in [1.807, 2.05) is 56.3 Å². The molecular weight excluding hydrogens is 327 g/mol. The molecule has 4 heteroatoms. The van der Waals surface area contributed by atoms with Crippen LogP contribution < -0.4 is 5.32 Å². The number of aromatic nitrogens is 1. The van der Waals surface area contributed by atoms with E-state index < -0.39 is 17.0 Å². The lowest BCUT2D eigenvalue weighted by Crippen LogP contribution is -2.48. The third-order valence-electron chi connectivity index (χ3n) is 5.85. The quantitative estimate of drug-likeness (QED) is 0.846. The molecule has 0 unspecified atom stereocenters. The minimum absolute atomic E-state index is 0.0200. The zero-order chi connectivity index (χ0) is 18.5. The fourth-order valence-electron chi connectivity index (χ4n) is 4.56. The van der Waals surface area contributed by atoms with Gasteiger partial charge in [0.25, 0.3) is 0 Å². The first kappa shape index (κ1) is 17.0. The number of benzene rings is 1. The summed E-state index contributed by atoms with van der Waals surface area (Å²) in [6, 6.07) is 13.8. The van der Waals surface area contributed by atoms with Crippen molar-refractivity contribution in [2.45, 2.75) is 45.2 Å². The highest BCUT2D eigenvalue weighted by Gasteiger charge is 2.53. The molecule has 1 aliphatic heterocycles. The van der Waals surface area contributed by atoms with E-state index >= 15 is 4.39 Å². The molecule has 0 bridgehead atoms. The van der Waals surface area contributed by atoms with Gasteiger partial charge in [0.1, 0.15) is 12.0 Å². The number of halogens is 1. The maximum absolute atomic E-state index is 15.5. The number of nitrogens with one attached hydrogen (secondary N) is 1. The molecule has 2 atom stereocenters. The third kappa shape index (κ3) is 2.17. The van der Waals surface area contributed by atoms with Gasteiger partial charge in [-0.15, -0.1) is 0 Å². The molecule has 0 spiro atoms. The number of anilines is 1. The highest BCUT2D eigenvalue weighted by atomic mass is 19.1. The molecule has 26 heavy (non-hydrogen) atoms. The molecule has 134 valence electrons. The standard InChI is InChI=1S/C22H23FN2O/c1-4-22(14-9-6-5-7-10-14)15-11-8-12-24-20(15)25-18-17(22)16(26)13-21(2,3)19(18)23/h5-12,19H,4,13H2,1-3H3,(H,24,25)/t19-,22+/m0/s1. The maximum atomic E-state index is 15.5. The Kier molecular flexibility index (Phi) is 3.76. The maximum Gasteiger partial charge on any atom is 0.162 e. The molecular formula is C22H23FN2O. The van der Waals surface area contributed by atoms with E-state index in [4.69, 9.17) is 0 Å². The summed E-state index contributed by atoms with van der Waals surface area (Å²) >= 11 is 0. The average Bonchev–Trinajstić information content (AvgIpc) is 2.65. The molecule has 1 aromatic heterocycles. The van der Waals surface area contributed by atoms with Gasteiger partial charge in [0, 0.05) is 29.2 Å². The van der Waals surface area contributed by atoms with Crippen LogP contribution in [-0.4, -0.2) is 16.9 Å². The molecule has 1 aliphatic carbocycles. The number of alkyl halides is 1. The minimum atomic E-state index is -1.24. The Balaban J connectivity index is 2.08. The second kappa shape index (κ2) is 5.76. The van der Waals surface area contributed by atoms with Crippen LogP contribution in [0.4, 0.5) is 10.2 Å². The van der Waals surface area contributed by atoms with E-state index in [-0.39, 0.29) is 12.2 Å². The van der Waals surface area contributed by atoms with Gasteiger partial charge in [-0.05, 0) is 18.1 Å². The van der Waals surface area contributed by atoms with Crippen molar-refractivity contribution in [3.8, 4) is 0 Å². The lowest BCUT2D eigenvalue weighted by molar-refractivity contribution is -0.120. The largest absolute Gasteiger partial charge is 0.341 e. The number of nitrogens with zero attached hydrogens (tertiary/aromatic N) is 1. The van der Waals surface area contributed by atoms with Crippen LogP contribution in [-0.2, 0) is 10.2 Å². The molecule has 0 fully saturated rings. The molecule has 2 aliphatic rings. The number of carbonyl (C=O) groups is 1. The van der Waals surface area contributed by atoms with Gasteiger partial charge in [-0.2, -0.15) is 0 Å². The van der Waals surface area contributed by atoms with Crippen LogP contribution in [0.2, 0.25) is 0 Å². The second-order valence-corrected chi connectivity index (χ2v) is 7.89. The molecule has 0 saturated heterocycles. The van der Waals surface area contributed by atoms with E-state index in [9.17, 15) is 4.79 Å². The first-order chi connectivity index (χ1) is 12.4. The number of hydrogen-bond acceptors (Lipinski definition) is 3. The number of rotatable bonds is 2. The van der Waals surface area contributed by atoms with Gasteiger partial charge in [0.15, 0.2) is 5.78 Å². The molecule has 4 rings (SSSR count). The summed E-state index contributed by atoms with van der Waals surface area (Å²) in [5.74, 6) is 0.664. The summed E-state index contributed by atoms with van der Waals surface area (Å²) in [6.45, 7) is 5.68. The minimum Gasteiger partial charge on any atom is -0.341 e. The van der Waals surface area contributed by atoms with E-state index in [0.717, 1.165) is 11.1 Å². The van der Waals surface area contributed by atoms with Crippen molar-refractivity contribution < 1.29 is 9.18 Å². The Morgan fingerprint density at radius 1 is 1.19 bits per heavy atom. The Hall–Kier alpha value is -2.49. The predicted octanol–water partition coefficient (Wildman–Crippen LogP) is 4.79. The first-order valence-electron chi connectivity index (χ1n) is 9.12. The van der Waals surface area contributed by atoms with Crippen LogP contribution in [0.5, 0.6) is 0 Å². The number of hydrogen-bond donors (Lipinski definition) is 1. The van der Waals surface area contributed by atoms with Gasteiger partial charge in [-0.3, -0.25) is 4.79 Å². The second-order valence-electron chi connectivity index (χ2n) is 7.89. The lowest BCUT2D eigenvalue weighted by Gasteiger charge is -2.47. The van der Waals surface area contributed by atoms with E-state index in [1.165, 1.54) is 0 Å². The van der Waals surface area contributed by atoms with Crippen LogP contribution in [0, 0.1) is 5.41 Å². The number of allylic oxidation sites excluding steroid dienone is 2. The smallest absolute Gasteiger partial charge is 0.162 e. The topological polar surface area (TPSA) is 42.0 Å². The number of ketones is 1. The van der Waals surface area contributed by atoms with Gasteiger partial charge in [0.05, 0.1) is 11.1 Å². The van der Waals surface area contributed by atoms with Crippen LogP contribution in [0.25, 0.3) is 0 Å². The van der Waals surface area contributed by atoms with Gasteiger partial charge in [-0.1, -0.05) is 57.2 Å². The molecule has 3 nitrogen and oxygen atoms in total. The van der Waals surface area contributed by atoms with Crippen LogP contribution >= 0.6 is 0 Å². The Morgan fingerprint density at radius 3 is 2.62 bits per heavy atom. The number of Topliss-reactive ketones (excluding diaryl/α,β-unsaturated/α-hetero) is 1. The first-order valence-corrected chi connectivity index (χ1v) is 9.12. The normalized spacial score (nSPS) is 26.8.